The van der Waals surface area contributed by atoms with E-state index in [1.54, 1.807) is 0 Å². The van der Waals surface area contributed by atoms with Crippen LogP contribution in [0.4, 0.5) is 0 Å². The van der Waals surface area contributed by atoms with Crippen LogP contribution in [0.25, 0.3) is 11.3 Å². The molecule has 3 aromatic rings. The van der Waals surface area contributed by atoms with Gasteiger partial charge in [-0.25, -0.2) is 0 Å². The number of aromatic amines is 1. The second-order valence-corrected chi connectivity index (χ2v) is 9.02. The maximum atomic E-state index is 13.4. The fourth-order valence-corrected chi connectivity index (χ4v) is 4.90. The van der Waals surface area contributed by atoms with Crippen molar-refractivity contribution in [2.75, 3.05) is 13.1 Å². The number of hydrogen-bond donors (Lipinski definition) is 1. The molecule has 0 aliphatic carbocycles. The second kappa shape index (κ2) is 8.43. The number of halogens is 1. The van der Waals surface area contributed by atoms with Gasteiger partial charge in [0.25, 0.3) is 0 Å². The Kier molecular flexibility index (Phi) is 5.47. The minimum absolute atomic E-state index is 0.0418. The molecule has 5 rings (SSSR count). The van der Waals surface area contributed by atoms with Crippen molar-refractivity contribution in [3.63, 3.8) is 0 Å². The molecule has 7 heteroatoms. The van der Waals surface area contributed by atoms with E-state index in [4.69, 9.17) is 11.6 Å². The summed E-state index contributed by atoms with van der Waals surface area (Å²) in [6, 6.07) is 17.5. The number of fused-ring (bicyclic) bond motifs is 1. The van der Waals surface area contributed by atoms with E-state index in [2.05, 4.69) is 10.2 Å². The lowest BCUT2D eigenvalue weighted by molar-refractivity contribution is -0.136. The number of nitrogens with zero attached hydrogens (tertiary/aromatic N) is 3. The number of carbonyl (C=O) groups is 2. The topological polar surface area (TPSA) is 69.3 Å². The van der Waals surface area contributed by atoms with E-state index in [1.807, 2.05) is 71.3 Å². The van der Waals surface area contributed by atoms with E-state index in [-0.39, 0.29) is 30.2 Å². The third-order valence-electron chi connectivity index (χ3n) is 6.62. The number of H-pyrrole nitrogens is 1. The van der Waals surface area contributed by atoms with Crippen molar-refractivity contribution >= 4 is 23.4 Å². The zero-order chi connectivity index (χ0) is 22.2. The predicted molar refractivity (Wildman–Crippen MR) is 123 cm³/mol. The van der Waals surface area contributed by atoms with Crippen LogP contribution in [0.5, 0.6) is 0 Å². The zero-order valence-corrected chi connectivity index (χ0v) is 18.7. The van der Waals surface area contributed by atoms with Crippen LogP contribution in [0.3, 0.4) is 0 Å². The quantitative estimate of drug-likeness (QED) is 0.649. The summed E-state index contributed by atoms with van der Waals surface area (Å²) in [5.41, 5.74) is 5.03. The molecule has 0 saturated carbocycles. The van der Waals surface area contributed by atoms with Crippen LogP contribution in [0.2, 0.25) is 5.02 Å². The van der Waals surface area contributed by atoms with Crippen molar-refractivity contribution in [1.29, 1.82) is 0 Å². The summed E-state index contributed by atoms with van der Waals surface area (Å²) in [6.07, 6.45) is 1.00. The van der Waals surface area contributed by atoms with Crippen LogP contribution in [-0.2, 0) is 22.6 Å². The van der Waals surface area contributed by atoms with Gasteiger partial charge < -0.3 is 9.80 Å². The van der Waals surface area contributed by atoms with Gasteiger partial charge in [-0.2, -0.15) is 5.10 Å². The van der Waals surface area contributed by atoms with E-state index in [1.165, 1.54) is 0 Å². The lowest BCUT2D eigenvalue weighted by atomic mass is 9.99. The molecule has 0 spiro atoms. The number of rotatable bonds is 4. The summed E-state index contributed by atoms with van der Waals surface area (Å²) in [7, 11) is 0. The Labute approximate surface area is 192 Å². The molecule has 164 valence electrons. The number of aromatic nitrogens is 2. The highest BCUT2D eigenvalue weighted by Crippen LogP contribution is 2.33. The number of amides is 2. The largest absolute Gasteiger partial charge is 0.338 e. The molecule has 0 bridgehead atoms. The average Bonchev–Trinajstić information content (AvgIpc) is 3.42. The first-order chi connectivity index (χ1) is 15.5. The summed E-state index contributed by atoms with van der Waals surface area (Å²) in [6.45, 7) is 3.62. The molecule has 6 nitrogen and oxygen atoms in total. The van der Waals surface area contributed by atoms with Gasteiger partial charge in [-0.3, -0.25) is 14.7 Å². The highest BCUT2D eigenvalue weighted by molar-refractivity contribution is 6.30. The fourth-order valence-electron chi connectivity index (χ4n) is 4.77. The van der Waals surface area contributed by atoms with Crippen LogP contribution in [0, 0.1) is 5.92 Å². The van der Waals surface area contributed by atoms with Crippen molar-refractivity contribution < 1.29 is 9.59 Å². The van der Waals surface area contributed by atoms with Gasteiger partial charge in [0.15, 0.2) is 0 Å². The minimum Gasteiger partial charge on any atom is -0.338 e. The fraction of sp³-hybridized carbons (Fsp3) is 0.320. The summed E-state index contributed by atoms with van der Waals surface area (Å²) in [5, 5.41) is 8.31. The second-order valence-electron chi connectivity index (χ2n) is 8.58. The molecule has 1 fully saturated rings. The summed E-state index contributed by atoms with van der Waals surface area (Å²) in [4.78, 5) is 29.8. The number of benzene rings is 2. The van der Waals surface area contributed by atoms with E-state index in [0.717, 1.165) is 34.5 Å². The van der Waals surface area contributed by atoms with E-state index >= 15 is 0 Å². The van der Waals surface area contributed by atoms with Crippen molar-refractivity contribution in [2.24, 2.45) is 5.92 Å². The molecular formula is C25H25ClN4O2. The molecular weight excluding hydrogens is 424 g/mol. The number of hydrogen-bond acceptors (Lipinski definition) is 3. The van der Waals surface area contributed by atoms with Crippen molar-refractivity contribution in [3.8, 4) is 11.3 Å². The highest BCUT2D eigenvalue weighted by atomic mass is 35.5. The van der Waals surface area contributed by atoms with E-state index in [0.29, 0.717) is 24.7 Å². The van der Waals surface area contributed by atoms with Crippen molar-refractivity contribution in [2.45, 2.75) is 32.4 Å². The maximum Gasteiger partial charge on any atom is 0.228 e. The van der Waals surface area contributed by atoms with Crippen LogP contribution >= 0.6 is 11.6 Å². The minimum atomic E-state index is -0.305. The van der Waals surface area contributed by atoms with Crippen LogP contribution in [0.1, 0.15) is 36.2 Å². The molecule has 1 aromatic heterocycles. The zero-order valence-electron chi connectivity index (χ0n) is 17.9. The maximum absolute atomic E-state index is 13.4. The number of carbonyl (C=O) groups excluding carboxylic acids is 2. The Morgan fingerprint density at radius 2 is 1.91 bits per heavy atom. The van der Waals surface area contributed by atoms with Gasteiger partial charge in [-0.1, -0.05) is 54.1 Å². The van der Waals surface area contributed by atoms with Gasteiger partial charge in [0.1, 0.15) is 0 Å². The van der Waals surface area contributed by atoms with Gasteiger partial charge in [0, 0.05) is 54.3 Å². The Bertz CT molecular complexity index is 1140. The summed E-state index contributed by atoms with van der Waals surface area (Å²) in [5.74, 6) is -0.210. The van der Waals surface area contributed by atoms with Crippen LogP contribution in [-0.4, -0.2) is 44.9 Å². The molecule has 0 radical (unpaired) electrons. The molecule has 32 heavy (non-hydrogen) atoms. The lowest BCUT2D eigenvalue weighted by Gasteiger charge is -2.30. The van der Waals surface area contributed by atoms with Crippen molar-refractivity contribution in [3.05, 3.63) is 76.4 Å². The molecule has 2 atom stereocenters. The molecule has 2 aliphatic rings. The number of likely N-dealkylation sites (tertiary alicyclic amines) is 1. The first-order valence-corrected chi connectivity index (χ1v) is 11.3. The third-order valence-corrected chi connectivity index (χ3v) is 6.87. The monoisotopic (exact) mass is 448 g/mol. The van der Waals surface area contributed by atoms with E-state index < -0.39 is 0 Å². The average molecular weight is 449 g/mol. The third kappa shape index (κ3) is 3.79. The first kappa shape index (κ1) is 20.8. The Balaban J connectivity index is 1.31. The molecule has 2 aliphatic heterocycles. The summed E-state index contributed by atoms with van der Waals surface area (Å²) < 4.78 is 0. The van der Waals surface area contributed by atoms with Crippen molar-refractivity contribution in [1.82, 2.24) is 20.0 Å². The lowest BCUT2D eigenvalue weighted by Crippen LogP contribution is -2.40. The van der Waals surface area contributed by atoms with Gasteiger partial charge in [0.2, 0.25) is 11.8 Å². The SMILES string of the molecule is CC(c1ccccc1)N1CC(C(=O)N2CCc3[nH]nc(-c4ccc(Cl)cc4)c3C2)CC1=O. The molecule has 1 saturated heterocycles. The van der Waals surface area contributed by atoms with Gasteiger partial charge in [-0.05, 0) is 24.6 Å². The Morgan fingerprint density at radius 1 is 1.16 bits per heavy atom. The highest BCUT2D eigenvalue weighted by Gasteiger charge is 2.39. The van der Waals surface area contributed by atoms with Crippen LogP contribution < -0.4 is 0 Å². The molecule has 2 unspecified atom stereocenters. The van der Waals surface area contributed by atoms with Crippen LogP contribution in [0.15, 0.2) is 54.6 Å². The molecule has 2 amide bonds. The van der Waals surface area contributed by atoms with Gasteiger partial charge in [-0.15, -0.1) is 0 Å². The van der Waals surface area contributed by atoms with E-state index in [9.17, 15) is 9.59 Å². The Hall–Kier alpha value is -3.12. The Morgan fingerprint density at radius 3 is 2.66 bits per heavy atom. The summed E-state index contributed by atoms with van der Waals surface area (Å²) >= 11 is 6.03. The predicted octanol–water partition coefficient (Wildman–Crippen LogP) is 4.22. The number of nitrogens with one attached hydrogen (secondary N) is 1. The molecule has 1 N–H and O–H groups in total. The van der Waals surface area contributed by atoms with Gasteiger partial charge in [0.05, 0.1) is 17.7 Å². The first-order valence-electron chi connectivity index (χ1n) is 11.0. The van der Waals surface area contributed by atoms with Gasteiger partial charge >= 0.3 is 0 Å². The molecule has 2 aromatic carbocycles. The molecule has 3 heterocycles. The standard InChI is InChI=1S/C25H25ClN4O2/c1-16(17-5-3-2-4-6-17)30-14-19(13-23(30)31)25(32)29-12-11-22-21(15-29)24(28-27-22)18-7-9-20(26)10-8-18/h2-10,16,19H,11-15H2,1H3,(H,27,28). The smallest absolute Gasteiger partial charge is 0.228 e. The normalized spacial score (nSPS) is 19.2.